The summed E-state index contributed by atoms with van der Waals surface area (Å²) in [7, 11) is 0. The summed E-state index contributed by atoms with van der Waals surface area (Å²) in [4.78, 5) is 35.5. The van der Waals surface area contributed by atoms with Crippen molar-refractivity contribution in [1.29, 1.82) is 0 Å². The minimum absolute atomic E-state index is 0.104. The first kappa shape index (κ1) is 13.8. The minimum Gasteiger partial charge on any atom is -0.277 e. The third kappa shape index (κ3) is 2.43. The molecule has 0 aromatic heterocycles. The predicted molar refractivity (Wildman–Crippen MR) is 56.8 cm³/mol. The molecule has 2 fully saturated rings. The zero-order valence-corrected chi connectivity index (χ0v) is 10.0. The summed E-state index contributed by atoms with van der Waals surface area (Å²) in [6, 6.07) is -1.29. The summed E-state index contributed by atoms with van der Waals surface area (Å²) in [5.41, 5.74) is -1.49. The molecule has 0 aromatic carbocycles. The van der Waals surface area contributed by atoms with Gasteiger partial charge in [-0.25, -0.2) is 4.79 Å². The highest BCUT2D eigenvalue weighted by Gasteiger charge is 2.55. The standard InChI is InChI=1S/C11H13F3N2O3/c12-11(13,14)6-16-8(18)10(4-2-1-3-5-10)7(17)15-9(16)19/h1-6H2,(H,15,17,19). The zero-order chi connectivity index (χ0) is 14.3. The van der Waals surface area contributed by atoms with E-state index in [-0.39, 0.29) is 17.7 Å². The molecule has 0 radical (unpaired) electrons. The maximum Gasteiger partial charge on any atom is 0.406 e. The van der Waals surface area contributed by atoms with Crippen LogP contribution >= 0.6 is 0 Å². The van der Waals surface area contributed by atoms with Gasteiger partial charge in [-0.15, -0.1) is 0 Å². The fourth-order valence-corrected chi connectivity index (χ4v) is 2.65. The van der Waals surface area contributed by atoms with Crippen LogP contribution in [0.5, 0.6) is 0 Å². The number of amides is 4. The van der Waals surface area contributed by atoms with Crippen LogP contribution in [0.2, 0.25) is 0 Å². The molecule has 0 atom stereocenters. The van der Waals surface area contributed by atoms with E-state index in [0.29, 0.717) is 12.8 Å². The first-order valence-electron chi connectivity index (χ1n) is 6.00. The summed E-state index contributed by atoms with van der Waals surface area (Å²) in [6.07, 6.45) is -2.28. The zero-order valence-electron chi connectivity index (χ0n) is 10.0. The number of rotatable bonds is 1. The maximum absolute atomic E-state index is 12.4. The van der Waals surface area contributed by atoms with Gasteiger partial charge in [0.25, 0.3) is 0 Å². The van der Waals surface area contributed by atoms with Crippen molar-refractivity contribution in [3.63, 3.8) is 0 Å². The van der Waals surface area contributed by atoms with Crippen molar-refractivity contribution in [2.24, 2.45) is 5.41 Å². The summed E-state index contributed by atoms with van der Waals surface area (Å²) in [5, 5.41) is 1.87. The fraction of sp³-hybridized carbons (Fsp3) is 0.727. The minimum atomic E-state index is -4.68. The molecular formula is C11H13F3N2O3. The second-order valence-electron chi connectivity index (χ2n) is 4.91. The van der Waals surface area contributed by atoms with Crippen molar-refractivity contribution < 1.29 is 27.6 Å². The van der Waals surface area contributed by atoms with Gasteiger partial charge in [0.15, 0.2) is 0 Å². The van der Waals surface area contributed by atoms with E-state index >= 15 is 0 Å². The average Bonchev–Trinajstić information content (AvgIpc) is 2.33. The van der Waals surface area contributed by atoms with Crippen LogP contribution < -0.4 is 5.32 Å². The number of hydrogen-bond acceptors (Lipinski definition) is 3. The van der Waals surface area contributed by atoms with Gasteiger partial charge in [0, 0.05) is 0 Å². The Bertz CT molecular complexity index is 427. The van der Waals surface area contributed by atoms with Crippen LogP contribution in [0.1, 0.15) is 32.1 Å². The van der Waals surface area contributed by atoms with Crippen LogP contribution in [0, 0.1) is 5.41 Å². The number of nitrogens with zero attached hydrogens (tertiary/aromatic N) is 1. The molecular weight excluding hydrogens is 265 g/mol. The molecule has 1 aliphatic heterocycles. The van der Waals surface area contributed by atoms with Crippen molar-refractivity contribution in [2.75, 3.05) is 6.54 Å². The Balaban J connectivity index is 2.28. The van der Waals surface area contributed by atoms with Crippen LogP contribution in [-0.2, 0) is 9.59 Å². The lowest BCUT2D eigenvalue weighted by Gasteiger charge is -2.41. The largest absolute Gasteiger partial charge is 0.406 e. The molecule has 1 spiro atoms. The van der Waals surface area contributed by atoms with Gasteiger partial charge >= 0.3 is 12.2 Å². The van der Waals surface area contributed by atoms with Gasteiger partial charge in [-0.2, -0.15) is 13.2 Å². The molecule has 2 rings (SSSR count). The van der Waals surface area contributed by atoms with Crippen molar-refractivity contribution in [2.45, 2.75) is 38.3 Å². The van der Waals surface area contributed by atoms with Crippen LogP contribution in [0.25, 0.3) is 0 Å². The first-order valence-corrected chi connectivity index (χ1v) is 6.00. The smallest absolute Gasteiger partial charge is 0.277 e. The number of imide groups is 2. The molecule has 1 heterocycles. The molecule has 1 N–H and O–H groups in total. The highest BCUT2D eigenvalue weighted by Crippen LogP contribution is 2.40. The number of alkyl halides is 3. The third-order valence-corrected chi connectivity index (χ3v) is 3.60. The highest BCUT2D eigenvalue weighted by atomic mass is 19.4. The summed E-state index contributed by atoms with van der Waals surface area (Å²) < 4.78 is 37.1. The molecule has 5 nitrogen and oxygen atoms in total. The van der Waals surface area contributed by atoms with Gasteiger partial charge in [-0.05, 0) is 12.8 Å². The number of halogens is 3. The Kier molecular flexibility index (Phi) is 3.27. The van der Waals surface area contributed by atoms with Crippen LogP contribution in [0.4, 0.5) is 18.0 Å². The van der Waals surface area contributed by atoms with Gasteiger partial charge < -0.3 is 0 Å². The van der Waals surface area contributed by atoms with Crippen molar-refractivity contribution in [3.8, 4) is 0 Å². The lowest BCUT2D eigenvalue weighted by Crippen LogP contribution is -2.65. The Labute approximate surface area is 107 Å². The Morgan fingerprint density at radius 3 is 2.21 bits per heavy atom. The number of carbonyl (C=O) groups is 3. The molecule has 1 aliphatic carbocycles. The third-order valence-electron chi connectivity index (χ3n) is 3.60. The normalized spacial score (nSPS) is 23.7. The van der Waals surface area contributed by atoms with E-state index < -0.39 is 36.0 Å². The first-order chi connectivity index (χ1) is 8.76. The van der Waals surface area contributed by atoms with Gasteiger partial charge in [-0.1, -0.05) is 19.3 Å². The lowest BCUT2D eigenvalue weighted by molar-refractivity contribution is -0.169. The SMILES string of the molecule is O=C1NC(=O)C2(CCCCC2)C(=O)N1CC(F)(F)F. The van der Waals surface area contributed by atoms with Gasteiger partial charge in [-0.3, -0.25) is 19.8 Å². The van der Waals surface area contributed by atoms with Crippen molar-refractivity contribution >= 4 is 17.8 Å². The molecule has 8 heteroatoms. The topological polar surface area (TPSA) is 66.5 Å². The second-order valence-corrected chi connectivity index (χ2v) is 4.91. The molecule has 19 heavy (non-hydrogen) atoms. The second kappa shape index (κ2) is 4.50. The van der Waals surface area contributed by atoms with Crippen LogP contribution in [0.3, 0.4) is 0 Å². The van der Waals surface area contributed by atoms with E-state index in [4.69, 9.17) is 0 Å². The molecule has 0 bridgehead atoms. The number of urea groups is 1. The predicted octanol–water partition coefficient (Wildman–Crippen LogP) is 1.58. The van der Waals surface area contributed by atoms with Crippen molar-refractivity contribution in [3.05, 3.63) is 0 Å². The van der Waals surface area contributed by atoms with E-state index in [9.17, 15) is 27.6 Å². The van der Waals surface area contributed by atoms with Crippen LogP contribution in [-0.4, -0.2) is 35.5 Å². The monoisotopic (exact) mass is 278 g/mol. The number of hydrogen-bond donors (Lipinski definition) is 1. The van der Waals surface area contributed by atoms with Gasteiger partial charge in [0.2, 0.25) is 11.8 Å². The molecule has 2 aliphatic rings. The number of barbiturate groups is 1. The fourth-order valence-electron chi connectivity index (χ4n) is 2.65. The van der Waals surface area contributed by atoms with E-state index in [1.165, 1.54) is 0 Å². The molecule has 1 saturated carbocycles. The van der Waals surface area contributed by atoms with Gasteiger partial charge in [0.05, 0.1) is 0 Å². The maximum atomic E-state index is 12.4. The number of nitrogens with one attached hydrogen (secondary N) is 1. The van der Waals surface area contributed by atoms with E-state index in [1.54, 1.807) is 0 Å². The highest BCUT2D eigenvalue weighted by molar-refractivity contribution is 6.19. The summed E-state index contributed by atoms with van der Waals surface area (Å²) in [5.74, 6) is -1.78. The summed E-state index contributed by atoms with van der Waals surface area (Å²) >= 11 is 0. The van der Waals surface area contributed by atoms with E-state index in [2.05, 4.69) is 0 Å². The molecule has 0 aromatic rings. The lowest BCUT2D eigenvalue weighted by atomic mass is 9.71. The Morgan fingerprint density at radius 1 is 1.11 bits per heavy atom. The van der Waals surface area contributed by atoms with Crippen LogP contribution in [0.15, 0.2) is 0 Å². The van der Waals surface area contributed by atoms with E-state index in [1.807, 2.05) is 5.32 Å². The molecule has 0 unspecified atom stereocenters. The molecule has 106 valence electrons. The Morgan fingerprint density at radius 2 is 1.68 bits per heavy atom. The Hall–Kier alpha value is -1.60. The summed E-state index contributed by atoms with van der Waals surface area (Å²) in [6.45, 7) is -1.66. The average molecular weight is 278 g/mol. The molecule has 1 saturated heterocycles. The molecule has 4 amide bonds. The van der Waals surface area contributed by atoms with Crippen molar-refractivity contribution in [1.82, 2.24) is 10.2 Å². The van der Waals surface area contributed by atoms with E-state index in [0.717, 1.165) is 6.42 Å². The number of carbonyl (C=O) groups excluding carboxylic acids is 3. The quantitative estimate of drug-likeness (QED) is 0.740. The van der Waals surface area contributed by atoms with Gasteiger partial charge in [0.1, 0.15) is 12.0 Å².